The van der Waals surface area contributed by atoms with Crippen LogP contribution in [0.3, 0.4) is 0 Å². The molecular weight excluding hydrogens is 807 g/mol. The summed E-state index contributed by atoms with van der Waals surface area (Å²) in [5.41, 5.74) is 12.6. The fourth-order valence-electron chi connectivity index (χ4n) is 7.82. The van der Waals surface area contributed by atoms with Gasteiger partial charge in [0.1, 0.15) is 13.2 Å². The van der Waals surface area contributed by atoms with Crippen LogP contribution in [0.4, 0.5) is 11.4 Å². The zero-order valence-electron chi connectivity index (χ0n) is 38.3. The minimum absolute atomic E-state index is 0.0803. The lowest BCUT2D eigenvalue weighted by Gasteiger charge is -2.15. The van der Waals surface area contributed by atoms with Crippen LogP contribution < -0.4 is 9.47 Å². The quantitative estimate of drug-likeness (QED) is 0.0778. The molecule has 6 bridgehead atoms. The van der Waals surface area contributed by atoms with E-state index in [1.54, 1.807) is 20.4 Å². The van der Waals surface area contributed by atoms with E-state index >= 15 is 0 Å². The van der Waals surface area contributed by atoms with E-state index in [2.05, 4.69) is 38.8 Å². The Morgan fingerprint density at radius 3 is 1.71 bits per heavy atom. The summed E-state index contributed by atoms with van der Waals surface area (Å²) in [7, 11) is 3.28. The van der Waals surface area contributed by atoms with Crippen LogP contribution in [-0.2, 0) is 47.7 Å². The van der Waals surface area contributed by atoms with Crippen molar-refractivity contribution >= 4 is 41.3 Å². The highest BCUT2D eigenvalue weighted by Gasteiger charge is 2.28. The van der Waals surface area contributed by atoms with Gasteiger partial charge in [-0.1, -0.05) is 13.8 Å². The number of ether oxygens (including phenoxy) is 8. The summed E-state index contributed by atoms with van der Waals surface area (Å²) >= 11 is 0. The minimum Gasteiger partial charge on any atom is -0.487 e. The number of aliphatic hydroxyl groups is 2. The summed E-state index contributed by atoms with van der Waals surface area (Å²) < 4.78 is 45.3. The van der Waals surface area contributed by atoms with Gasteiger partial charge in [0.25, 0.3) is 0 Å². The molecule has 1 atom stereocenters. The molecule has 5 rings (SSSR count). The number of H-pyrrole nitrogens is 1. The molecule has 2 aromatic rings. The van der Waals surface area contributed by atoms with Gasteiger partial charge in [0.2, 0.25) is 0 Å². The smallest absolute Gasteiger partial charge is 0.163 e. The van der Waals surface area contributed by atoms with E-state index in [9.17, 15) is 10.2 Å². The van der Waals surface area contributed by atoms with E-state index in [0.29, 0.717) is 115 Å². The van der Waals surface area contributed by atoms with E-state index in [1.807, 2.05) is 18.3 Å². The molecule has 0 fully saturated rings. The fourth-order valence-corrected chi connectivity index (χ4v) is 7.82. The van der Waals surface area contributed by atoms with Crippen LogP contribution in [0.25, 0.3) is 6.08 Å². The molecule has 0 radical (unpaired) electrons. The van der Waals surface area contributed by atoms with Gasteiger partial charge in [0.15, 0.2) is 11.5 Å². The Balaban J connectivity index is 1.54. The Labute approximate surface area is 373 Å². The van der Waals surface area contributed by atoms with E-state index in [0.717, 1.165) is 64.5 Å². The fraction of sp³-hybridized carbons (Fsp3) is 0.583. The van der Waals surface area contributed by atoms with Crippen molar-refractivity contribution in [3.05, 3.63) is 62.6 Å². The Bertz CT molecular complexity index is 2000. The first-order valence-electron chi connectivity index (χ1n) is 22.4. The lowest BCUT2D eigenvalue weighted by atomic mass is 9.93. The molecule has 15 nitrogen and oxygen atoms in total. The van der Waals surface area contributed by atoms with Crippen LogP contribution in [0.15, 0.2) is 60.1 Å². The summed E-state index contributed by atoms with van der Waals surface area (Å²) in [6.07, 6.45) is 10.9. The molecule has 1 aromatic carbocycles. The SMILES string of the molecule is CCc1c2[nH]c(c1CC)CC1N=C(C=Nc3cc(OCCOCCOCCOC)c(OCCOCCOCCOC)cc3N=CC3=N/C(=C\2)C(CCCO)=C3C)C(C)=C1CCCO. The molecule has 1 unspecified atom stereocenters. The van der Waals surface area contributed by atoms with Crippen molar-refractivity contribution in [3.8, 4) is 11.5 Å². The number of rotatable bonds is 28. The van der Waals surface area contributed by atoms with Crippen LogP contribution in [0.1, 0.15) is 75.9 Å². The molecule has 1 aromatic heterocycles. The number of aromatic amines is 1. The van der Waals surface area contributed by atoms with Crippen molar-refractivity contribution in [1.29, 1.82) is 0 Å². The van der Waals surface area contributed by atoms with Crippen molar-refractivity contribution in [2.24, 2.45) is 20.0 Å². The summed E-state index contributed by atoms with van der Waals surface area (Å²) in [5.74, 6) is 0.949. The average molecular weight is 876 g/mol. The topological polar surface area (TPSA) is 180 Å². The highest BCUT2D eigenvalue weighted by molar-refractivity contribution is 6.40. The predicted molar refractivity (Wildman–Crippen MR) is 249 cm³/mol. The number of aliphatic hydroxyl groups excluding tert-OH is 2. The summed E-state index contributed by atoms with van der Waals surface area (Å²) in [6.45, 7) is 13.7. The van der Waals surface area contributed by atoms with E-state index in [4.69, 9.17) is 57.9 Å². The molecule has 0 amide bonds. The van der Waals surface area contributed by atoms with Gasteiger partial charge in [-0.05, 0) is 91.9 Å². The molecule has 0 spiro atoms. The third kappa shape index (κ3) is 14.3. The number of aromatic nitrogens is 1. The maximum absolute atomic E-state index is 9.88. The first-order valence-corrected chi connectivity index (χ1v) is 22.4. The molecule has 3 aliphatic rings. The largest absolute Gasteiger partial charge is 0.487 e. The van der Waals surface area contributed by atoms with Gasteiger partial charge < -0.3 is 53.1 Å². The number of nitrogens with zero attached hydrogens (tertiary/aromatic N) is 4. The van der Waals surface area contributed by atoms with Crippen molar-refractivity contribution in [3.63, 3.8) is 0 Å². The zero-order valence-corrected chi connectivity index (χ0v) is 38.3. The first-order chi connectivity index (χ1) is 30.9. The number of aliphatic imine (C=N–C) groups is 4. The number of hydrogen-bond acceptors (Lipinski definition) is 14. The second-order valence-corrected chi connectivity index (χ2v) is 15.3. The number of hydrogen-bond donors (Lipinski definition) is 3. The van der Waals surface area contributed by atoms with Gasteiger partial charge in [-0.3, -0.25) is 15.0 Å². The standard InChI is InChI=1S/C48H69N5O10/c1-7-35-36(8-2)40-28-42-38(12-10-14-55)34(4)46(53-42)32-50-44-30-48(63-26-24-61-22-20-59-18-16-57-6)47(62-25-23-60-21-19-58-17-15-56-5)29-43(44)49-31-45-33(3)37(11-9-13-54)41(52-45)27-39(35)51-40/h27,29-32,42,51,54-55H,7-26,28H2,1-6H3/b41-27-,49-31?,50-32?. The molecule has 0 saturated heterocycles. The maximum Gasteiger partial charge on any atom is 0.163 e. The number of methoxy groups -OCH3 is 2. The second kappa shape index (κ2) is 27.1. The molecular formula is C48H69N5O10. The maximum atomic E-state index is 9.88. The van der Waals surface area contributed by atoms with Gasteiger partial charge in [0, 0.05) is 57.4 Å². The lowest BCUT2D eigenvalue weighted by molar-refractivity contribution is 0.0160. The van der Waals surface area contributed by atoms with E-state index in [-0.39, 0.29) is 32.5 Å². The molecule has 346 valence electrons. The monoisotopic (exact) mass is 876 g/mol. The summed E-state index contributed by atoms with van der Waals surface area (Å²) in [4.78, 5) is 24.3. The molecule has 0 aliphatic carbocycles. The van der Waals surface area contributed by atoms with Gasteiger partial charge in [0.05, 0.1) is 113 Å². The van der Waals surface area contributed by atoms with E-state index in [1.165, 1.54) is 16.7 Å². The van der Waals surface area contributed by atoms with Crippen LogP contribution >= 0.6 is 0 Å². The van der Waals surface area contributed by atoms with Crippen molar-refractivity contribution in [1.82, 2.24) is 4.98 Å². The highest BCUT2D eigenvalue weighted by atomic mass is 16.6. The third-order valence-electron chi connectivity index (χ3n) is 11.1. The molecule has 3 aliphatic heterocycles. The van der Waals surface area contributed by atoms with Gasteiger partial charge >= 0.3 is 0 Å². The molecule has 4 heterocycles. The molecule has 3 N–H and O–H groups in total. The Morgan fingerprint density at radius 1 is 0.651 bits per heavy atom. The van der Waals surface area contributed by atoms with Crippen molar-refractivity contribution < 1.29 is 48.1 Å². The number of nitrogens with one attached hydrogen (secondary N) is 1. The number of fused-ring (bicyclic) bond motifs is 5. The third-order valence-corrected chi connectivity index (χ3v) is 11.1. The van der Waals surface area contributed by atoms with Crippen LogP contribution in [0, 0.1) is 0 Å². The normalized spacial score (nSPS) is 17.0. The molecule has 63 heavy (non-hydrogen) atoms. The van der Waals surface area contributed by atoms with Crippen LogP contribution in [0.2, 0.25) is 0 Å². The molecule has 15 heteroatoms. The summed E-state index contributed by atoms with van der Waals surface area (Å²) in [6, 6.07) is 3.55. The predicted octanol–water partition coefficient (Wildman–Crippen LogP) is 6.71. The van der Waals surface area contributed by atoms with Gasteiger partial charge in [-0.2, -0.15) is 0 Å². The van der Waals surface area contributed by atoms with Crippen LogP contribution in [0.5, 0.6) is 11.5 Å². The average Bonchev–Trinajstić information content (AvgIpc) is 3.89. The Morgan fingerprint density at radius 2 is 1.17 bits per heavy atom. The van der Waals surface area contributed by atoms with Gasteiger partial charge in [-0.25, -0.2) is 4.99 Å². The van der Waals surface area contributed by atoms with Gasteiger partial charge in [-0.15, -0.1) is 0 Å². The highest BCUT2D eigenvalue weighted by Crippen LogP contribution is 2.41. The van der Waals surface area contributed by atoms with Crippen molar-refractivity contribution in [2.75, 3.05) is 107 Å². The van der Waals surface area contributed by atoms with Crippen molar-refractivity contribution in [2.45, 2.75) is 78.7 Å². The number of allylic oxidation sites excluding steroid dienone is 3. The number of benzene rings is 1. The summed E-state index contributed by atoms with van der Waals surface area (Å²) in [5, 5.41) is 19.7. The minimum atomic E-state index is -0.113. The molecule has 0 saturated carbocycles. The van der Waals surface area contributed by atoms with E-state index < -0.39 is 0 Å². The lowest BCUT2D eigenvalue weighted by Crippen LogP contribution is -2.14. The second-order valence-electron chi connectivity index (χ2n) is 15.3. The first kappa shape index (κ1) is 49.7. The Kier molecular flexibility index (Phi) is 21.4. The Hall–Kier alpha value is -4.32. The zero-order chi connectivity index (χ0) is 44.8. The van der Waals surface area contributed by atoms with Crippen LogP contribution in [-0.4, -0.2) is 152 Å².